The van der Waals surface area contributed by atoms with Crippen LogP contribution in [0.1, 0.15) is 26.7 Å². The van der Waals surface area contributed by atoms with Gasteiger partial charge in [-0.25, -0.2) is 0 Å². The van der Waals surface area contributed by atoms with Crippen LogP contribution in [-0.2, 0) is 0 Å². The number of hydrogen-bond acceptors (Lipinski definition) is 2. The van der Waals surface area contributed by atoms with Crippen LogP contribution in [0.2, 0.25) is 0 Å². The third-order valence-electron chi connectivity index (χ3n) is 2.49. The summed E-state index contributed by atoms with van der Waals surface area (Å²) in [6.07, 6.45) is 2.81. The third kappa shape index (κ3) is 2.80. The minimum Gasteiger partial charge on any atom is -0.291 e. The Balaban J connectivity index is 2.16. The second kappa shape index (κ2) is 4.73. The lowest BCUT2D eigenvalue weighted by atomic mass is 10.4. The zero-order chi connectivity index (χ0) is 8.10. The molecule has 0 unspecified atom stereocenters. The van der Waals surface area contributed by atoms with Crippen LogP contribution in [0.4, 0.5) is 0 Å². The van der Waals surface area contributed by atoms with Crippen LogP contribution in [0.5, 0.6) is 0 Å². The molecular formula is C9H20N2. The molecule has 0 aromatic carbocycles. The van der Waals surface area contributed by atoms with Crippen molar-refractivity contribution in [2.45, 2.75) is 26.7 Å². The molecule has 0 N–H and O–H groups in total. The largest absolute Gasteiger partial charge is 0.291 e. The van der Waals surface area contributed by atoms with Crippen molar-refractivity contribution in [3.8, 4) is 0 Å². The van der Waals surface area contributed by atoms with Crippen molar-refractivity contribution in [1.29, 1.82) is 0 Å². The van der Waals surface area contributed by atoms with E-state index in [1.54, 1.807) is 0 Å². The average molecular weight is 156 g/mol. The molecule has 2 heteroatoms. The van der Waals surface area contributed by atoms with Gasteiger partial charge in [-0.2, -0.15) is 0 Å². The molecular weight excluding hydrogens is 136 g/mol. The van der Waals surface area contributed by atoms with Crippen LogP contribution in [0, 0.1) is 0 Å². The van der Waals surface area contributed by atoms with E-state index in [1.165, 1.54) is 45.7 Å². The van der Waals surface area contributed by atoms with Crippen molar-refractivity contribution >= 4 is 0 Å². The summed E-state index contributed by atoms with van der Waals surface area (Å²) in [5.74, 6) is 0. The first-order valence-corrected chi connectivity index (χ1v) is 4.81. The van der Waals surface area contributed by atoms with Crippen molar-refractivity contribution in [3.63, 3.8) is 0 Å². The highest BCUT2D eigenvalue weighted by Crippen LogP contribution is 2.07. The smallest absolute Gasteiger partial charge is 0.0505 e. The number of likely N-dealkylation sites (tertiary alicyclic amines) is 1. The van der Waals surface area contributed by atoms with E-state index in [4.69, 9.17) is 0 Å². The van der Waals surface area contributed by atoms with Gasteiger partial charge in [0.1, 0.15) is 0 Å². The molecule has 0 atom stereocenters. The first kappa shape index (κ1) is 9.01. The Bertz CT molecular complexity index is 93.7. The monoisotopic (exact) mass is 156 g/mol. The quantitative estimate of drug-likeness (QED) is 0.607. The molecule has 66 valence electrons. The lowest BCUT2D eigenvalue weighted by molar-refractivity contribution is 0.166. The molecule has 0 aromatic rings. The molecule has 1 aliphatic rings. The fraction of sp³-hybridized carbons (Fsp3) is 1.00. The Labute approximate surface area is 70.2 Å². The molecule has 1 heterocycles. The maximum absolute atomic E-state index is 2.55. The van der Waals surface area contributed by atoms with Gasteiger partial charge in [-0.15, -0.1) is 0 Å². The number of nitrogens with zero attached hydrogens (tertiary/aromatic N) is 2. The topological polar surface area (TPSA) is 6.48 Å². The molecule has 0 amide bonds. The summed E-state index contributed by atoms with van der Waals surface area (Å²) in [7, 11) is 0. The molecule has 0 saturated carbocycles. The van der Waals surface area contributed by atoms with E-state index in [-0.39, 0.29) is 0 Å². The molecule has 0 spiro atoms. The van der Waals surface area contributed by atoms with Gasteiger partial charge in [0.05, 0.1) is 6.67 Å². The summed E-state index contributed by atoms with van der Waals surface area (Å²) in [5.41, 5.74) is 0. The molecule has 0 radical (unpaired) electrons. The van der Waals surface area contributed by atoms with Gasteiger partial charge in [0.15, 0.2) is 0 Å². The van der Waals surface area contributed by atoms with E-state index >= 15 is 0 Å². The predicted molar refractivity (Wildman–Crippen MR) is 48.6 cm³/mol. The third-order valence-corrected chi connectivity index (χ3v) is 2.49. The lowest BCUT2D eigenvalue weighted by Gasteiger charge is -2.24. The highest BCUT2D eigenvalue weighted by molar-refractivity contribution is 4.65. The fourth-order valence-electron chi connectivity index (χ4n) is 1.63. The van der Waals surface area contributed by atoms with E-state index in [0.717, 1.165) is 0 Å². The number of rotatable bonds is 4. The molecule has 0 bridgehead atoms. The molecule has 1 rings (SSSR count). The molecule has 0 aromatic heterocycles. The Hall–Kier alpha value is -0.0800. The molecule has 11 heavy (non-hydrogen) atoms. The first-order chi connectivity index (χ1) is 5.36. The van der Waals surface area contributed by atoms with Gasteiger partial charge >= 0.3 is 0 Å². The molecule has 2 nitrogen and oxygen atoms in total. The minimum absolute atomic E-state index is 1.19. The first-order valence-electron chi connectivity index (χ1n) is 4.81. The Morgan fingerprint density at radius 1 is 1.09 bits per heavy atom. The minimum atomic E-state index is 1.19. The zero-order valence-electron chi connectivity index (χ0n) is 7.84. The van der Waals surface area contributed by atoms with Crippen molar-refractivity contribution < 1.29 is 0 Å². The highest BCUT2D eigenvalue weighted by Gasteiger charge is 2.12. The van der Waals surface area contributed by atoms with Gasteiger partial charge in [-0.3, -0.25) is 9.80 Å². The summed E-state index contributed by atoms with van der Waals surface area (Å²) in [6.45, 7) is 10.7. The van der Waals surface area contributed by atoms with Crippen molar-refractivity contribution in [3.05, 3.63) is 0 Å². The van der Waals surface area contributed by atoms with Gasteiger partial charge in [0.2, 0.25) is 0 Å². The van der Waals surface area contributed by atoms with Gasteiger partial charge in [-0.1, -0.05) is 13.8 Å². The van der Waals surface area contributed by atoms with Crippen LogP contribution in [0.25, 0.3) is 0 Å². The zero-order valence-corrected chi connectivity index (χ0v) is 7.84. The SMILES string of the molecule is CCN(CC)CN1CCCC1. The van der Waals surface area contributed by atoms with Gasteiger partial charge < -0.3 is 0 Å². The van der Waals surface area contributed by atoms with Crippen molar-refractivity contribution in [2.75, 3.05) is 32.8 Å². The van der Waals surface area contributed by atoms with Crippen LogP contribution < -0.4 is 0 Å². The molecule has 1 aliphatic heterocycles. The van der Waals surface area contributed by atoms with E-state index in [0.29, 0.717) is 0 Å². The van der Waals surface area contributed by atoms with Crippen LogP contribution in [0.15, 0.2) is 0 Å². The summed E-state index contributed by atoms with van der Waals surface area (Å²) in [4.78, 5) is 5.03. The summed E-state index contributed by atoms with van der Waals surface area (Å²) < 4.78 is 0. The fourth-order valence-corrected chi connectivity index (χ4v) is 1.63. The maximum atomic E-state index is 2.55. The van der Waals surface area contributed by atoms with Gasteiger partial charge in [-0.05, 0) is 39.0 Å². The molecule has 1 fully saturated rings. The Kier molecular flexibility index (Phi) is 3.87. The van der Waals surface area contributed by atoms with Crippen LogP contribution in [-0.4, -0.2) is 42.6 Å². The van der Waals surface area contributed by atoms with Crippen LogP contribution in [0.3, 0.4) is 0 Å². The summed E-state index contributed by atoms with van der Waals surface area (Å²) >= 11 is 0. The Morgan fingerprint density at radius 2 is 1.64 bits per heavy atom. The second-order valence-electron chi connectivity index (χ2n) is 3.27. The van der Waals surface area contributed by atoms with E-state index < -0.39 is 0 Å². The summed E-state index contributed by atoms with van der Waals surface area (Å²) in [5, 5.41) is 0. The second-order valence-corrected chi connectivity index (χ2v) is 3.27. The normalized spacial score (nSPS) is 19.9. The van der Waals surface area contributed by atoms with E-state index in [1.807, 2.05) is 0 Å². The predicted octanol–water partition coefficient (Wildman–Crippen LogP) is 1.38. The molecule has 1 saturated heterocycles. The standard InChI is InChI=1S/C9H20N2/c1-3-10(4-2)9-11-7-5-6-8-11/h3-9H2,1-2H3. The molecule has 0 aliphatic carbocycles. The van der Waals surface area contributed by atoms with Crippen molar-refractivity contribution in [2.24, 2.45) is 0 Å². The maximum Gasteiger partial charge on any atom is 0.0505 e. The number of hydrogen-bond donors (Lipinski definition) is 0. The van der Waals surface area contributed by atoms with Gasteiger partial charge in [0, 0.05) is 0 Å². The van der Waals surface area contributed by atoms with E-state index in [9.17, 15) is 0 Å². The Morgan fingerprint density at radius 3 is 2.09 bits per heavy atom. The van der Waals surface area contributed by atoms with E-state index in [2.05, 4.69) is 23.6 Å². The summed E-state index contributed by atoms with van der Waals surface area (Å²) in [6, 6.07) is 0. The van der Waals surface area contributed by atoms with Crippen LogP contribution >= 0.6 is 0 Å². The average Bonchev–Trinajstić information content (AvgIpc) is 2.52. The van der Waals surface area contributed by atoms with Gasteiger partial charge in [0.25, 0.3) is 0 Å². The van der Waals surface area contributed by atoms with Crippen molar-refractivity contribution in [1.82, 2.24) is 9.80 Å². The highest BCUT2D eigenvalue weighted by atomic mass is 15.3. The lowest BCUT2D eigenvalue weighted by Crippen LogP contribution is -2.35.